The van der Waals surface area contributed by atoms with Gasteiger partial charge >= 0.3 is 0 Å². The van der Waals surface area contributed by atoms with Crippen LogP contribution in [-0.2, 0) is 14.9 Å². The van der Waals surface area contributed by atoms with Gasteiger partial charge in [-0.25, -0.2) is 4.39 Å². The third-order valence-electron chi connectivity index (χ3n) is 4.76. The normalized spacial score (nSPS) is 16.1. The van der Waals surface area contributed by atoms with E-state index in [0.29, 0.717) is 38.3 Å². The van der Waals surface area contributed by atoms with Gasteiger partial charge in [-0.3, -0.25) is 4.79 Å². The first-order valence-electron chi connectivity index (χ1n) is 9.02. The SMILES string of the molecule is CCCOc1ccc(NC(=O)C2(c3ccc(F)cc3)CCOCC2)cc1. The average molecular weight is 357 g/mol. The largest absolute Gasteiger partial charge is 0.494 e. The van der Waals surface area contributed by atoms with Crippen LogP contribution in [-0.4, -0.2) is 25.7 Å². The number of carbonyl (C=O) groups excluding carboxylic acids is 1. The summed E-state index contributed by atoms with van der Waals surface area (Å²) in [6.45, 7) is 3.74. The number of amides is 1. The van der Waals surface area contributed by atoms with Crippen molar-refractivity contribution < 1.29 is 18.7 Å². The van der Waals surface area contributed by atoms with E-state index in [9.17, 15) is 9.18 Å². The molecule has 1 aliphatic rings. The summed E-state index contributed by atoms with van der Waals surface area (Å²) in [7, 11) is 0. The Kier molecular flexibility index (Phi) is 5.89. The summed E-state index contributed by atoms with van der Waals surface area (Å²) in [6.07, 6.45) is 2.09. The third kappa shape index (κ3) is 4.05. The molecule has 5 heteroatoms. The predicted molar refractivity (Wildman–Crippen MR) is 99.0 cm³/mol. The molecular formula is C21H24FNO3. The van der Waals surface area contributed by atoms with Gasteiger partial charge in [-0.05, 0) is 61.2 Å². The summed E-state index contributed by atoms with van der Waals surface area (Å²) in [6, 6.07) is 13.6. The molecule has 1 fully saturated rings. The highest BCUT2D eigenvalue weighted by atomic mass is 19.1. The monoisotopic (exact) mass is 357 g/mol. The Morgan fingerprint density at radius 1 is 1.12 bits per heavy atom. The van der Waals surface area contributed by atoms with Gasteiger partial charge < -0.3 is 14.8 Å². The van der Waals surface area contributed by atoms with Crippen LogP contribution in [0.1, 0.15) is 31.7 Å². The van der Waals surface area contributed by atoms with E-state index in [-0.39, 0.29) is 11.7 Å². The van der Waals surface area contributed by atoms with Gasteiger partial charge in [0.2, 0.25) is 5.91 Å². The van der Waals surface area contributed by atoms with Gasteiger partial charge in [0, 0.05) is 18.9 Å². The Labute approximate surface area is 153 Å². The smallest absolute Gasteiger partial charge is 0.235 e. The number of rotatable bonds is 6. The van der Waals surface area contributed by atoms with Gasteiger partial charge in [0.1, 0.15) is 11.6 Å². The van der Waals surface area contributed by atoms with E-state index in [0.717, 1.165) is 17.7 Å². The molecule has 1 amide bonds. The number of nitrogens with one attached hydrogen (secondary N) is 1. The van der Waals surface area contributed by atoms with Crippen molar-refractivity contribution in [1.82, 2.24) is 0 Å². The van der Waals surface area contributed by atoms with Crippen molar-refractivity contribution in [3.63, 3.8) is 0 Å². The summed E-state index contributed by atoms with van der Waals surface area (Å²) in [5.74, 6) is 0.387. The van der Waals surface area contributed by atoms with Crippen LogP contribution in [0.2, 0.25) is 0 Å². The van der Waals surface area contributed by atoms with E-state index < -0.39 is 5.41 Å². The zero-order chi connectivity index (χ0) is 18.4. The molecule has 3 rings (SSSR count). The molecule has 1 heterocycles. The molecule has 0 saturated carbocycles. The van der Waals surface area contributed by atoms with Crippen molar-refractivity contribution in [2.45, 2.75) is 31.6 Å². The minimum Gasteiger partial charge on any atom is -0.494 e. The quantitative estimate of drug-likeness (QED) is 0.838. The second-order valence-electron chi connectivity index (χ2n) is 6.53. The summed E-state index contributed by atoms with van der Waals surface area (Å²) in [5, 5.41) is 3.01. The molecule has 26 heavy (non-hydrogen) atoms. The summed E-state index contributed by atoms with van der Waals surface area (Å²) in [5.41, 5.74) is 0.831. The first kappa shape index (κ1) is 18.4. The fourth-order valence-electron chi connectivity index (χ4n) is 3.24. The molecule has 4 nitrogen and oxygen atoms in total. The first-order chi connectivity index (χ1) is 12.6. The van der Waals surface area contributed by atoms with Crippen molar-refractivity contribution in [3.05, 3.63) is 59.9 Å². The highest BCUT2D eigenvalue weighted by Gasteiger charge is 2.41. The molecule has 0 aromatic heterocycles. The Balaban J connectivity index is 1.78. The standard InChI is InChI=1S/C21H24FNO3/c1-2-13-26-19-9-7-18(8-10-19)23-20(24)21(11-14-25-15-12-21)16-3-5-17(22)6-4-16/h3-10H,2,11-15H2,1H3,(H,23,24). The lowest BCUT2D eigenvalue weighted by Gasteiger charge is -2.36. The Bertz CT molecular complexity index is 722. The summed E-state index contributed by atoms with van der Waals surface area (Å²) >= 11 is 0. The number of benzene rings is 2. The van der Waals surface area contributed by atoms with Crippen LogP contribution in [0.3, 0.4) is 0 Å². The zero-order valence-corrected chi connectivity index (χ0v) is 15.0. The van der Waals surface area contributed by atoms with Crippen molar-refractivity contribution in [2.24, 2.45) is 0 Å². The van der Waals surface area contributed by atoms with E-state index in [2.05, 4.69) is 12.2 Å². The van der Waals surface area contributed by atoms with E-state index in [1.54, 1.807) is 12.1 Å². The predicted octanol–water partition coefficient (Wildman–Crippen LogP) is 4.30. The zero-order valence-electron chi connectivity index (χ0n) is 15.0. The molecule has 0 aliphatic carbocycles. The van der Waals surface area contributed by atoms with Gasteiger partial charge in [-0.1, -0.05) is 19.1 Å². The molecule has 1 aliphatic heterocycles. The first-order valence-corrected chi connectivity index (χ1v) is 9.02. The molecule has 1 N–H and O–H groups in total. The van der Waals surface area contributed by atoms with Gasteiger partial charge in [-0.15, -0.1) is 0 Å². The number of hydrogen-bond donors (Lipinski definition) is 1. The van der Waals surface area contributed by atoms with E-state index in [4.69, 9.17) is 9.47 Å². The fourth-order valence-corrected chi connectivity index (χ4v) is 3.24. The van der Waals surface area contributed by atoms with Gasteiger partial charge in [0.15, 0.2) is 0 Å². The van der Waals surface area contributed by atoms with Crippen LogP contribution in [0, 0.1) is 5.82 Å². The van der Waals surface area contributed by atoms with Crippen LogP contribution >= 0.6 is 0 Å². The maximum absolute atomic E-state index is 13.3. The molecular weight excluding hydrogens is 333 g/mol. The molecule has 138 valence electrons. The van der Waals surface area contributed by atoms with Crippen LogP contribution in [0.4, 0.5) is 10.1 Å². The Morgan fingerprint density at radius 3 is 2.38 bits per heavy atom. The van der Waals surface area contributed by atoms with Crippen LogP contribution < -0.4 is 10.1 Å². The van der Waals surface area contributed by atoms with Crippen LogP contribution in [0.25, 0.3) is 0 Å². The van der Waals surface area contributed by atoms with E-state index >= 15 is 0 Å². The molecule has 2 aromatic rings. The van der Waals surface area contributed by atoms with Crippen molar-refractivity contribution in [2.75, 3.05) is 25.1 Å². The summed E-state index contributed by atoms with van der Waals surface area (Å²) < 4.78 is 24.3. The molecule has 0 radical (unpaired) electrons. The van der Waals surface area contributed by atoms with Gasteiger partial charge in [0.25, 0.3) is 0 Å². The molecule has 2 aromatic carbocycles. The Morgan fingerprint density at radius 2 is 1.77 bits per heavy atom. The van der Waals surface area contributed by atoms with Gasteiger partial charge in [0.05, 0.1) is 12.0 Å². The average Bonchev–Trinajstić information content (AvgIpc) is 2.68. The number of ether oxygens (including phenoxy) is 2. The number of carbonyl (C=O) groups is 1. The fraction of sp³-hybridized carbons (Fsp3) is 0.381. The number of halogens is 1. The van der Waals surface area contributed by atoms with Crippen LogP contribution in [0.15, 0.2) is 48.5 Å². The molecule has 0 atom stereocenters. The third-order valence-corrected chi connectivity index (χ3v) is 4.76. The minimum absolute atomic E-state index is 0.0883. The Hall–Kier alpha value is -2.40. The van der Waals surface area contributed by atoms with Gasteiger partial charge in [-0.2, -0.15) is 0 Å². The molecule has 0 unspecified atom stereocenters. The maximum Gasteiger partial charge on any atom is 0.235 e. The molecule has 0 bridgehead atoms. The maximum atomic E-state index is 13.3. The second kappa shape index (κ2) is 8.32. The van der Waals surface area contributed by atoms with E-state index in [1.807, 2.05) is 24.3 Å². The molecule has 1 saturated heterocycles. The lowest BCUT2D eigenvalue weighted by atomic mass is 9.73. The highest BCUT2D eigenvalue weighted by molar-refractivity contribution is 5.99. The number of anilines is 1. The van der Waals surface area contributed by atoms with Crippen molar-refractivity contribution in [3.8, 4) is 5.75 Å². The summed E-state index contributed by atoms with van der Waals surface area (Å²) in [4.78, 5) is 13.1. The van der Waals surface area contributed by atoms with Crippen molar-refractivity contribution in [1.29, 1.82) is 0 Å². The van der Waals surface area contributed by atoms with E-state index in [1.165, 1.54) is 12.1 Å². The lowest BCUT2D eigenvalue weighted by Crippen LogP contribution is -2.44. The molecule has 0 spiro atoms. The van der Waals surface area contributed by atoms with Crippen LogP contribution in [0.5, 0.6) is 5.75 Å². The van der Waals surface area contributed by atoms with Crippen molar-refractivity contribution >= 4 is 11.6 Å². The lowest BCUT2D eigenvalue weighted by molar-refractivity contribution is -0.125. The number of hydrogen-bond acceptors (Lipinski definition) is 3. The minimum atomic E-state index is -0.705. The second-order valence-corrected chi connectivity index (χ2v) is 6.53. The topological polar surface area (TPSA) is 47.6 Å². The highest BCUT2D eigenvalue weighted by Crippen LogP contribution is 2.36.